The second-order valence-corrected chi connectivity index (χ2v) is 8.12. The van der Waals surface area contributed by atoms with Crippen molar-refractivity contribution in [2.75, 3.05) is 33.4 Å². The summed E-state index contributed by atoms with van der Waals surface area (Å²) in [6.07, 6.45) is 3.23. The first-order valence-corrected chi connectivity index (χ1v) is 9.74. The second kappa shape index (κ2) is 7.65. The van der Waals surface area contributed by atoms with Gasteiger partial charge in [0.05, 0.1) is 17.7 Å². The van der Waals surface area contributed by atoms with E-state index in [2.05, 4.69) is 15.2 Å². The molecule has 8 heteroatoms. The van der Waals surface area contributed by atoms with E-state index in [4.69, 9.17) is 9.26 Å². The zero-order valence-electron chi connectivity index (χ0n) is 14.2. The maximum absolute atomic E-state index is 12.9. The van der Waals surface area contributed by atoms with Crippen LogP contribution in [0.2, 0.25) is 0 Å². The smallest absolute Gasteiger partial charge is 0.241 e. The molecule has 0 aliphatic carbocycles. The highest BCUT2D eigenvalue weighted by Gasteiger charge is 2.34. The van der Waals surface area contributed by atoms with E-state index in [-0.39, 0.29) is 10.3 Å². The molecule has 0 saturated carbocycles. The number of ether oxygens (including phenoxy) is 1. The Morgan fingerprint density at radius 3 is 2.72 bits per heavy atom. The molecule has 1 saturated heterocycles. The van der Waals surface area contributed by atoms with Crippen LogP contribution >= 0.6 is 0 Å². The molecule has 7 nitrogen and oxygen atoms in total. The number of hydrogen-bond donors (Lipinski definition) is 2. The fourth-order valence-corrected chi connectivity index (χ4v) is 4.59. The van der Waals surface area contributed by atoms with Gasteiger partial charge in [-0.05, 0) is 38.1 Å². The number of nitrogens with zero attached hydrogens (tertiary/aromatic N) is 1. The quantitative estimate of drug-likeness (QED) is 0.775. The monoisotopic (exact) mass is 365 g/mol. The third kappa shape index (κ3) is 4.09. The zero-order chi connectivity index (χ0) is 17.8. The van der Waals surface area contributed by atoms with E-state index in [9.17, 15) is 8.42 Å². The molecule has 136 valence electrons. The molecule has 0 amide bonds. The van der Waals surface area contributed by atoms with Crippen molar-refractivity contribution in [1.82, 2.24) is 15.2 Å². The minimum Gasteiger partial charge on any atom is -0.384 e. The first-order chi connectivity index (χ1) is 12.1. The predicted molar refractivity (Wildman–Crippen MR) is 93.5 cm³/mol. The SMILES string of the molecule is COCC1(CNS(=O)(=O)c2ccccc2-c2ccno2)CCNCC1. The average Bonchev–Trinajstić information content (AvgIpc) is 3.16. The lowest BCUT2D eigenvalue weighted by Gasteiger charge is -2.37. The van der Waals surface area contributed by atoms with Gasteiger partial charge in [0, 0.05) is 30.7 Å². The van der Waals surface area contributed by atoms with Crippen molar-refractivity contribution in [3.63, 3.8) is 0 Å². The topological polar surface area (TPSA) is 93.5 Å². The number of rotatable bonds is 7. The van der Waals surface area contributed by atoms with Crippen LogP contribution in [0.5, 0.6) is 0 Å². The van der Waals surface area contributed by atoms with Gasteiger partial charge in [-0.25, -0.2) is 13.1 Å². The molecule has 2 aromatic rings. The van der Waals surface area contributed by atoms with Crippen LogP contribution in [-0.4, -0.2) is 46.9 Å². The summed E-state index contributed by atoms with van der Waals surface area (Å²) in [5.41, 5.74) is 0.312. The molecule has 1 aliphatic heterocycles. The molecule has 0 bridgehead atoms. The Labute approximate surface area is 147 Å². The normalized spacial score (nSPS) is 17.5. The maximum Gasteiger partial charge on any atom is 0.241 e. The van der Waals surface area contributed by atoms with Crippen LogP contribution in [0, 0.1) is 5.41 Å². The maximum atomic E-state index is 12.9. The molecule has 2 N–H and O–H groups in total. The number of nitrogens with one attached hydrogen (secondary N) is 2. The molecule has 1 aromatic carbocycles. The van der Waals surface area contributed by atoms with Crippen LogP contribution in [0.15, 0.2) is 45.9 Å². The third-order valence-electron chi connectivity index (χ3n) is 4.63. The molecule has 1 fully saturated rings. The van der Waals surface area contributed by atoms with Crippen molar-refractivity contribution < 1.29 is 17.7 Å². The highest BCUT2D eigenvalue weighted by molar-refractivity contribution is 7.89. The van der Waals surface area contributed by atoms with Gasteiger partial charge in [-0.3, -0.25) is 0 Å². The van der Waals surface area contributed by atoms with Crippen LogP contribution in [0.25, 0.3) is 11.3 Å². The molecule has 3 rings (SSSR count). The molecular formula is C17H23N3O4S. The van der Waals surface area contributed by atoms with E-state index < -0.39 is 10.0 Å². The van der Waals surface area contributed by atoms with Gasteiger partial charge in [-0.15, -0.1) is 0 Å². The first kappa shape index (κ1) is 18.1. The summed E-state index contributed by atoms with van der Waals surface area (Å²) >= 11 is 0. The molecule has 0 radical (unpaired) electrons. The van der Waals surface area contributed by atoms with Gasteiger partial charge in [0.2, 0.25) is 10.0 Å². The van der Waals surface area contributed by atoms with Crippen LogP contribution in [-0.2, 0) is 14.8 Å². The Morgan fingerprint density at radius 2 is 2.04 bits per heavy atom. The van der Waals surface area contributed by atoms with Crippen molar-refractivity contribution in [3.05, 3.63) is 36.5 Å². The van der Waals surface area contributed by atoms with Crippen molar-refractivity contribution in [2.45, 2.75) is 17.7 Å². The molecule has 1 aliphatic rings. The lowest BCUT2D eigenvalue weighted by molar-refractivity contribution is 0.0577. The van der Waals surface area contributed by atoms with Crippen molar-refractivity contribution in [3.8, 4) is 11.3 Å². The van der Waals surface area contributed by atoms with E-state index in [1.54, 1.807) is 37.4 Å². The molecule has 0 spiro atoms. The summed E-state index contributed by atoms with van der Waals surface area (Å²) < 4.78 is 39.1. The highest BCUT2D eigenvalue weighted by Crippen LogP contribution is 2.30. The molecule has 0 atom stereocenters. The van der Waals surface area contributed by atoms with Gasteiger partial charge in [0.15, 0.2) is 5.76 Å². The second-order valence-electron chi connectivity index (χ2n) is 6.38. The van der Waals surface area contributed by atoms with Gasteiger partial charge in [0.1, 0.15) is 0 Å². The molecule has 25 heavy (non-hydrogen) atoms. The molecule has 2 heterocycles. The molecule has 0 unspecified atom stereocenters. The van der Waals surface area contributed by atoms with Gasteiger partial charge >= 0.3 is 0 Å². The Balaban J connectivity index is 1.83. The summed E-state index contributed by atoms with van der Waals surface area (Å²) in [5, 5.41) is 6.97. The lowest BCUT2D eigenvalue weighted by Crippen LogP contribution is -2.47. The fraction of sp³-hybridized carbons (Fsp3) is 0.471. The van der Waals surface area contributed by atoms with Crippen molar-refractivity contribution in [1.29, 1.82) is 0 Å². The van der Waals surface area contributed by atoms with Crippen molar-refractivity contribution >= 4 is 10.0 Å². The lowest BCUT2D eigenvalue weighted by atomic mass is 9.80. The highest BCUT2D eigenvalue weighted by atomic mass is 32.2. The average molecular weight is 365 g/mol. The van der Waals surface area contributed by atoms with E-state index in [1.807, 2.05) is 0 Å². The number of sulfonamides is 1. The van der Waals surface area contributed by atoms with Crippen LogP contribution in [0.3, 0.4) is 0 Å². The third-order valence-corrected chi connectivity index (χ3v) is 6.09. The van der Waals surface area contributed by atoms with E-state index in [1.165, 1.54) is 6.20 Å². The van der Waals surface area contributed by atoms with Gasteiger partial charge in [-0.2, -0.15) is 0 Å². The Kier molecular flexibility index (Phi) is 5.53. The number of aromatic nitrogens is 1. The van der Waals surface area contributed by atoms with Crippen molar-refractivity contribution in [2.24, 2.45) is 5.41 Å². The fourth-order valence-electron chi connectivity index (χ4n) is 3.22. The van der Waals surface area contributed by atoms with Crippen LogP contribution < -0.4 is 10.0 Å². The van der Waals surface area contributed by atoms with Gasteiger partial charge < -0.3 is 14.6 Å². The van der Waals surface area contributed by atoms with Gasteiger partial charge in [-0.1, -0.05) is 17.3 Å². The summed E-state index contributed by atoms with van der Waals surface area (Å²) in [5.74, 6) is 0.425. The standard InChI is InChI=1S/C17H23N3O4S/c1-23-13-17(7-10-18-11-8-17)12-20-25(21,22)16-5-3-2-4-14(16)15-6-9-19-24-15/h2-6,9,18,20H,7-8,10-13H2,1H3. The summed E-state index contributed by atoms with van der Waals surface area (Å²) in [4.78, 5) is 0.188. The Bertz CT molecular complexity index is 778. The minimum atomic E-state index is -3.69. The largest absolute Gasteiger partial charge is 0.384 e. The summed E-state index contributed by atoms with van der Waals surface area (Å²) in [7, 11) is -2.04. The molecular weight excluding hydrogens is 342 g/mol. The van der Waals surface area contributed by atoms with E-state index in [0.717, 1.165) is 25.9 Å². The number of hydrogen-bond acceptors (Lipinski definition) is 6. The van der Waals surface area contributed by atoms with Crippen LogP contribution in [0.1, 0.15) is 12.8 Å². The van der Waals surface area contributed by atoms with E-state index >= 15 is 0 Å². The zero-order valence-corrected chi connectivity index (χ0v) is 15.0. The van der Waals surface area contributed by atoms with Gasteiger partial charge in [0.25, 0.3) is 0 Å². The summed E-state index contributed by atoms with van der Waals surface area (Å²) in [6, 6.07) is 8.41. The number of piperidine rings is 1. The molecule has 1 aromatic heterocycles. The Hall–Kier alpha value is -1.74. The number of benzene rings is 1. The Morgan fingerprint density at radius 1 is 1.28 bits per heavy atom. The minimum absolute atomic E-state index is 0.186. The number of methoxy groups -OCH3 is 1. The predicted octanol–water partition coefficient (Wildman–Crippen LogP) is 1.64. The van der Waals surface area contributed by atoms with E-state index in [0.29, 0.717) is 24.5 Å². The first-order valence-electron chi connectivity index (χ1n) is 8.26. The summed E-state index contributed by atoms with van der Waals surface area (Å²) in [6.45, 7) is 2.59. The van der Waals surface area contributed by atoms with Crippen LogP contribution in [0.4, 0.5) is 0 Å².